The van der Waals surface area contributed by atoms with Gasteiger partial charge < -0.3 is 15.1 Å². The highest BCUT2D eigenvalue weighted by Crippen LogP contribution is 2.37. The van der Waals surface area contributed by atoms with Gasteiger partial charge in [-0.05, 0) is 56.5 Å². The molecule has 0 spiro atoms. The molecular weight excluding hydrogens is 484 g/mol. The van der Waals surface area contributed by atoms with Crippen LogP contribution in [0.15, 0.2) is 58.3 Å². The van der Waals surface area contributed by atoms with Gasteiger partial charge in [0.05, 0.1) is 16.3 Å². The molecule has 10 heteroatoms. The topological polar surface area (TPSA) is 90.0 Å². The van der Waals surface area contributed by atoms with Crippen molar-refractivity contribution >= 4 is 45.0 Å². The molecule has 188 valence electrons. The standard InChI is InChI=1S/C25H32N4O4S2/c1-2-27(20-9-4-3-5-10-20)14-8-13-26-24(30)18-29-22-17-21(11-12-23(22)34-19-25(29)31)35(32,33)28-15-6-7-16-28/h3-5,9-12,17H,2,6-8,13-16,18-19H2,1H3,(H,26,30). The summed E-state index contributed by atoms with van der Waals surface area (Å²) in [5.74, 6) is -0.234. The molecule has 0 saturated carbocycles. The lowest BCUT2D eigenvalue weighted by molar-refractivity contribution is -0.122. The fourth-order valence-corrected chi connectivity index (χ4v) is 6.85. The van der Waals surface area contributed by atoms with Crippen LogP contribution in [0.3, 0.4) is 0 Å². The van der Waals surface area contributed by atoms with Crippen LogP contribution in [0.25, 0.3) is 0 Å². The second-order valence-electron chi connectivity index (χ2n) is 8.63. The first-order valence-electron chi connectivity index (χ1n) is 12.0. The molecule has 35 heavy (non-hydrogen) atoms. The molecule has 0 bridgehead atoms. The van der Waals surface area contributed by atoms with E-state index in [9.17, 15) is 18.0 Å². The smallest absolute Gasteiger partial charge is 0.243 e. The van der Waals surface area contributed by atoms with Crippen LogP contribution in [-0.4, -0.2) is 69.6 Å². The monoisotopic (exact) mass is 516 g/mol. The average Bonchev–Trinajstić information content (AvgIpc) is 3.42. The van der Waals surface area contributed by atoms with Crippen molar-refractivity contribution in [2.24, 2.45) is 0 Å². The highest BCUT2D eigenvalue weighted by Gasteiger charge is 2.31. The van der Waals surface area contributed by atoms with Crippen LogP contribution >= 0.6 is 11.8 Å². The van der Waals surface area contributed by atoms with Crippen LogP contribution in [0.2, 0.25) is 0 Å². The lowest BCUT2D eigenvalue weighted by Gasteiger charge is -2.29. The Bertz CT molecular complexity index is 1150. The average molecular weight is 517 g/mol. The number of carbonyl (C=O) groups is 2. The molecule has 2 aliphatic rings. The maximum absolute atomic E-state index is 13.0. The number of benzene rings is 2. The van der Waals surface area contributed by atoms with Gasteiger partial charge >= 0.3 is 0 Å². The third-order valence-electron chi connectivity index (χ3n) is 6.31. The third-order valence-corrected chi connectivity index (χ3v) is 9.25. The largest absolute Gasteiger partial charge is 0.372 e. The van der Waals surface area contributed by atoms with Crippen LogP contribution in [0.1, 0.15) is 26.2 Å². The number of thioether (sulfide) groups is 1. The van der Waals surface area contributed by atoms with Crippen molar-refractivity contribution in [1.29, 1.82) is 0 Å². The van der Waals surface area contributed by atoms with Gasteiger partial charge in [0, 0.05) is 43.3 Å². The number of nitrogens with zero attached hydrogens (tertiary/aromatic N) is 3. The normalized spacial score (nSPS) is 16.3. The molecule has 2 heterocycles. The predicted octanol–water partition coefficient (Wildman–Crippen LogP) is 2.94. The molecule has 1 N–H and O–H groups in total. The maximum Gasteiger partial charge on any atom is 0.243 e. The summed E-state index contributed by atoms with van der Waals surface area (Å²) in [6.07, 6.45) is 2.48. The second kappa shape index (κ2) is 11.5. The van der Waals surface area contributed by atoms with E-state index < -0.39 is 10.0 Å². The van der Waals surface area contributed by atoms with Gasteiger partial charge in [-0.3, -0.25) is 9.59 Å². The predicted molar refractivity (Wildman–Crippen MR) is 139 cm³/mol. The summed E-state index contributed by atoms with van der Waals surface area (Å²) in [4.78, 5) is 30.0. The van der Waals surface area contributed by atoms with Gasteiger partial charge in [-0.2, -0.15) is 4.31 Å². The molecule has 2 aromatic rings. The quantitative estimate of drug-likeness (QED) is 0.489. The Morgan fingerprint density at radius 3 is 2.57 bits per heavy atom. The van der Waals surface area contributed by atoms with Gasteiger partial charge in [-0.1, -0.05) is 18.2 Å². The van der Waals surface area contributed by atoms with Crippen LogP contribution in [0, 0.1) is 0 Å². The summed E-state index contributed by atoms with van der Waals surface area (Å²) in [6, 6.07) is 15.0. The highest BCUT2D eigenvalue weighted by atomic mass is 32.2. The Balaban J connectivity index is 1.37. The minimum atomic E-state index is -3.61. The van der Waals surface area contributed by atoms with E-state index in [0.717, 1.165) is 42.9 Å². The number of sulfonamides is 1. The van der Waals surface area contributed by atoms with Gasteiger partial charge in [0.15, 0.2) is 0 Å². The van der Waals surface area contributed by atoms with Gasteiger partial charge in [0.1, 0.15) is 6.54 Å². The SMILES string of the molecule is CCN(CCCNC(=O)CN1C(=O)CSc2ccc(S(=O)(=O)N3CCCC3)cc21)c1ccccc1. The van der Waals surface area contributed by atoms with E-state index in [1.807, 2.05) is 18.2 Å². The zero-order chi connectivity index (χ0) is 24.8. The molecule has 1 saturated heterocycles. The van der Waals surface area contributed by atoms with Crippen molar-refractivity contribution in [3.63, 3.8) is 0 Å². The van der Waals surface area contributed by atoms with E-state index in [4.69, 9.17) is 0 Å². The number of para-hydroxylation sites is 1. The summed E-state index contributed by atoms with van der Waals surface area (Å²) < 4.78 is 27.5. The summed E-state index contributed by atoms with van der Waals surface area (Å²) in [7, 11) is -3.61. The Labute approximate surface area is 211 Å². The Morgan fingerprint density at radius 1 is 1.11 bits per heavy atom. The van der Waals surface area contributed by atoms with E-state index in [0.29, 0.717) is 25.3 Å². The van der Waals surface area contributed by atoms with Gasteiger partial charge in [-0.15, -0.1) is 11.8 Å². The first-order valence-corrected chi connectivity index (χ1v) is 14.5. The zero-order valence-corrected chi connectivity index (χ0v) is 21.6. The maximum atomic E-state index is 13.0. The number of hydrogen-bond donors (Lipinski definition) is 1. The minimum Gasteiger partial charge on any atom is -0.372 e. The number of fused-ring (bicyclic) bond motifs is 1. The molecule has 0 aliphatic carbocycles. The minimum absolute atomic E-state index is 0.129. The van der Waals surface area contributed by atoms with E-state index in [2.05, 4.69) is 29.3 Å². The lowest BCUT2D eigenvalue weighted by atomic mass is 10.2. The fourth-order valence-electron chi connectivity index (χ4n) is 4.40. The molecule has 0 atom stereocenters. The van der Waals surface area contributed by atoms with E-state index in [1.165, 1.54) is 21.0 Å². The molecule has 0 unspecified atom stereocenters. The molecule has 8 nitrogen and oxygen atoms in total. The molecule has 0 radical (unpaired) electrons. The molecular formula is C25H32N4O4S2. The summed E-state index contributed by atoms with van der Waals surface area (Å²) in [6.45, 7) is 5.17. The highest BCUT2D eigenvalue weighted by molar-refractivity contribution is 8.00. The number of hydrogen-bond acceptors (Lipinski definition) is 6. The van der Waals surface area contributed by atoms with Crippen LogP contribution in [0.4, 0.5) is 11.4 Å². The Kier molecular flexibility index (Phi) is 8.35. The summed E-state index contributed by atoms with van der Waals surface area (Å²) in [5.41, 5.74) is 1.64. The molecule has 1 fully saturated rings. The van der Waals surface area contributed by atoms with E-state index >= 15 is 0 Å². The number of rotatable bonds is 10. The molecule has 2 aromatic carbocycles. The van der Waals surface area contributed by atoms with Gasteiger partial charge in [0.2, 0.25) is 21.8 Å². The fraction of sp³-hybridized carbons (Fsp3) is 0.440. The van der Waals surface area contributed by atoms with Crippen molar-refractivity contribution in [3.05, 3.63) is 48.5 Å². The summed E-state index contributed by atoms with van der Waals surface area (Å²) in [5, 5.41) is 2.91. The number of nitrogens with one attached hydrogen (secondary N) is 1. The van der Waals surface area contributed by atoms with E-state index in [-0.39, 0.29) is 29.0 Å². The second-order valence-corrected chi connectivity index (χ2v) is 11.6. The first kappa shape index (κ1) is 25.5. The first-order chi connectivity index (χ1) is 16.9. The molecule has 4 rings (SSSR count). The molecule has 2 aliphatic heterocycles. The van der Waals surface area contributed by atoms with Crippen LogP contribution < -0.4 is 15.1 Å². The zero-order valence-electron chi connectivity index (χ0n) is 20.0. The third kappa shape index (κ3) is 5.99. The number of carbonyl (C=O) groups excluding carboxylic acids is 2. The van der Waals surface area contributed by atoms with Gasteiger partial charge in [-0.25, -0.2) is 8.42 Å². The lowest BCUT2D eigenvalue weighted by Crippen LogP contribution is -2.44. The Hall–Kier alpha value is -2.56. The van der Waals surface area contributed by atoms with Crippen molar-refractivity contribution in [2.45, 2.75) is 36.0 Å². The van der Waals surface area contributed by atoms with Gasteiger partial charge in [0.25, 0.3) is 0 Å². The molecule has 2 amide bonds. The molecule has 0 aromatic heterocycles. The van der Waals surface area contributed by atoms with Crippen molar-refractivity contribution < 1.29 is 18.0 Å². The summed E-state index contributed by atoms with van der Waals surface area (Å²) >= 11 is 1.37. The number of anilines is 2. The number of amides is 2. The van der Waals surface area contributed by atoms with Crippen molar-refractivity contribution in [3.8, 4) is 0 Å². The van der Waals surface area contributed by atoms with E-state index in [1.54, 1.807) is 18.2 Å². The van der Waals surface area contributed by atoms with Crippen LogP contribution in [0.5, 0.6) is 0 Å². The Morgan fingerprint density at radius 2 is 1.86 bits per heavy atom. The van der Waals surface area contributed by atoms with Crippen LogP contribution in [-0.2, 0) is 19.6 Å². The van der Waals surface area contributed by atoms with Crippen molar-refractivity contribution in [2.75, 3.05) is 54.8 Å². The van der Waals surface area contributed by atoms with Crippen molar-refractivity contribution in [1.82, 2.24) is 9.62 Å².